The summed E-state index contributed by atoms with van der Waals surface area (Å²) in [6.45, 7) is 0.949. The maximum atomic E-state index is 13.8. The van der Waals surface area contributed by atoms with Crippen LogP contribution in [0.15, 0.2) is 64.3 Å². The van der Waals surface area contributed by atoms with Gasteiger partial charge in [-0.15, -0.1) is 0 Å². The average molecular weight is 586 g/mol. The molecule has 0 fully saturated rings. The molecule has 40 heavy (non-hydrogen) atoms. The van der Waals surface area contributed by atoms with Gasteiger partial charge < -0.3 is 28.8 Å². The van der Waals surface area contributed by atoms with Gasteiger partial charge in [0.05, 0.1) is 53.7 Å². The second-order valence-electron chi connectivity index (χ2n) is 8.99. The zero-order valence-corrected chi connectivity index (χ0v) is 24.7. The molecule has 0 aliphatic rings. The van der Waals surface area contributed by atoms with Crippen LogP contribution in [0.25, 0.3) is 10.9 Å². The standard InChI is InChI=1S/C30H32ClNO7S/c1-35-22-9-6-19(7-10-22)17-32-24-16-21(31)8-11-23(24)27(33)29(30(32)34)40(5)13-12-39-18-20-14-25(36-2)28(38-4)26(15-20)37-3/h6-11,14-16H,12-13,17-18H2,1-5H3. The fourth-order valence-corrected chi connectivity index (χ4v) is 6.02. The summed E-state index contributed by atoms with van der Waals surface area (Å²) in [5, 5.41) is 14.4. The SMILES string of the molecule is COc1ccc(Cn2c(=O)c([S+](C)CCOCc3cc(OC)c(OC)c(OC)c3)c([O-])c3ccc(Cl)cc32)cc1. The summed E-state index contributed by atoms with van der Waals surface area (Å²) in [5.41, 5.74) is 1.95. The van der Waals surface area contributed by atoms with E-state index in [1.807, 2.05) is 42.7 Å². The van der Waals surface area contributed by atoms with Crippen molar-refractivity contribution in [3.8, 4) is 28.7 Å². The van der Waals surface area contributed by atoms with Crippen molar-refractivity contribution in [3.05, 3.63) is 81.1 Å². The molecule has 8 nitrogen and oxygen atoms in total. The number of rotatable bonds is 12. The van der Waals surface area contributed by atoms with Crippen molar-refractivity contribution in [2.24, 2.45) is 0 Å². The lowest BCUT2D eigenvalue weighted by Gasteiger charge is -2.20. The van der Waals surface area contributed by atoms with E-state index in [0.717, 1.165) is 16.9 Å². The second kappa shape index (κ2) is 13.2. The third-order valence-electron chi connectivity index (χ3n) is 6.52. The maximum Gasteiger partial charge on any atom is 0.306 e. The Morgan fingerprint density at radius 1 is 0.875 bits per heavy atom. The zero-order valence-electron chi connectivity index (χ0n) is 23.1. The van der Waals surface area contributed by atoms with E-state index in [9.17, 15) is 9.90 Å². The van der Waals surface area contributed by atoms with Gasteiger partial charge in [-0.3, -0.25) is 9.36 Å². The van der Waals surface area contributed by atoms with Crippen LogP contribution < -0.4 is 29.6 Å². The number of hydrogen-bond acceptors (Lipinski definition) is 7. The molecule has 0 aliphatic heterocycles. The smallest absolute Gasteiger partial charge is 0.306 e. The van der Waals surface area contributed by atoms with Crippen LogP contribution in [0.5, 0.6) is 28.7 Å². The highest BCUT2D eigenvalue weighted by atomic mass is 35.5. The molecular weight excluding hydrogens is 554 g/mol. The first-order valence-electron chi connectivity index (χ1n) is 12.5. The van der Waals surface area contributed by atoms with Crippen LogP contribution in [-0.4, -0.2) is 51.6 Å². The number of pyridine rings is 1. The van der Waals surface area contributed by atoms with Crippen LogP contribution in [-0.2, 0) is 28.8 Å². The van der Waals surface area contributed by atoms with E-state index in [1.54, 1.807) is 51.2 Å². The molecule has 0 radical (unpaired) electrons. The van der Waals surface area contributed by atoms with E-state index < -0.39 is 10.9 Å². The highest BCUT2D eigenvalue weighted by Gasteiger charge is 2.25. The van der Waals surface area contributed by atoms with E-state index in [1.165, 1.54) is 0 Å². The van der Waals surface area contributed by atoms with Gasteiger partial charge in [0.25, 0.3) is 0 Å². The lowest BCUT2D eigenvalue weighted by Crippen LogP contribution is -2.30. The van der Waals surface area contributed by atoms with Crippen molar-refractivity contribution in [2.75, 3.05) is 47.1 Å². The van der Waals surface area contributed by atoms with E-state index in [4.69, 9.17) is 35.3 Å². The monoisotopic (exact) mass is 585 g/mol. The third-order valence-corrected chi connectivity index (χ3v) is 8.59. The molecule has 212 valence electrons. The van der Waals surface area contributed by atoms with Crippen LogP contribution in [0.4, 0.5) is 0 Å². The molecule has 0 aliphatic carbocycles. The number of nitrogens with zero attached hydrogens (tertiary/aromatic N) is 1. The number of fused-ring (bicyclic) bond motifs is 1. The van der Waals surface area contributed by atoms with Crippen LogP contribution in [0.3, 0.4) is 0 Å². The van der Waals surface area contributed by atoms with Gasteiger partial charge in [0, 0.05) is 15.9 Å². The third kappa shape index (κ3) is 6.27. The van der Waals surface area contributed by atoms with Gasteiger partial charge in [0.1, 0.15) is 17.8 Å². The van der Waals surface area contributed by atoms with Gasteiger partial charge in [0.2, 0.25) is 10.6 Å². The Hall–Kier alpha value is -3.53. The topological polar surface area (TPSA) is 91.2 Å². The van der Waals surface area contributed by atoms with Crippen LogP contribution >= 0.6 is 11.6 Å². The van der Waals surface area contributed by atoms with Gasteiger partial charge in [-0.05, 0) is 58.7 Å². The van der Waals surface area contributed by atoms with Gasteiger partial charge >= 0.3 is 5.56 Å². The molecule has 1 heterocycles. The number of hydrogen-bond donors (Lipinski definition) is 0. The Kier molecular flexibility index (Phi) is 9.73. The molecule has 1 aromatic heterocycles. The number of methoxy groups -OCH3 is 4. The van der Waals surface area contributed by atoms with Gasteiger partial charge in [-0.1, -0.05) is 29.8 Å². The summed E-state index contributed by atoms with van der Waals surface area (Å²) in [5.74, 6) is 2.56. The Balaban J connectivity index is 1.56. The summed E-state index contributed by atoms with van der Waals surface area (Å²) < 4.78 is 29.0. The molecule has 1 atom stereocenters. The van der Waals surface area contributed by atoms with E-state index >= 15 is 0 Å². The van der Waals surface area contributed by atoms with E-state index in [-0.39, 0.29) is 16.2 Å². The first-order chi connectivity index (χ1) is 19.3. The molecule has 3 aromatic carbocycles. The molecular formula is C30H32ClNO7S. The summed E-state index contributed by atoms with van der Waals surface area (Å²) in [6.07, 6.45) is 1.90. The lowest BCUT2D eigenvalue weighted by molar-refractivity contribution is -0.270. The summed E-state index contributed by atoms with van der Waals surface area (Å²) in [6, 6.07) is 16.2. The maximum absolute atomic E-state index is 13.8. The van der Waals surface area contributed by atoms with Gasteiger partial charge in [0.15, 0.2) is 11.5 Å². The molecule has 0 N–H and O–H groups in total. The molecule has 4 aromatic rings. The summed E-state index contributed by atoms with van der Waals surface area (Å²) >= 11 is 6.26. The predicted molar refractivity (Wildman–Crippen MR) is 157 cm³/mol. The number of benzene rings is 3. The first kappa shape index (κ1) is 29.5. The van der Waals surface area contributed by atoms with Crippen molar-refractivity contribution in [1.82, 2.24) is 4.57 Å². The summed E-state index contributed by atoms with van der Waals surface area (Å²) in [7, 11) is 5.61. The van der Waals surface area contributed by atoms with Gasteiger partial charge in [-0.2, -0.15) is 0 Å². The van der Waals surface area contributed by atoms with Crippen molar-refractivity contribution >= 4 is 33.4 Å². The first-order valence-corrected chi connectivity index (χ1v) is 14.6. The minimum absolute atomic E-state index is 0.264. The molecule has 0 saturated heterocycles. The Morgan fingerprint density at radius 2 is 1.55 bits per heavy atom. The molecule has 4 rings (SSSR count). The number of aromatic nitrogens is 1. The summed E-state index contributed by atoms with van der Waals surface area (Å²) in [4.78, 5) is 14.0. The highest BCUT2D eigenvalue weighted by Crippen LogP contribution is 2.38. The number of halogens is 1. The Morgan fingerprint density at radius 3 is 2.15 bits per heavy atom. The van der Waals surface area contributed by atoms with Crippen molar-refractivity contribution in [2.45, 2.75) is 18.0 Å². The predicted octanol–water partition coefficient (Wildman–Crippen LogP) is 4.64. The fourth-order valence-electron chi connectivity index (χ4n) is 4.44. The zero-order chi connectivity index (χ0) is 28.8. The van der Waals surface area contributed by atoms with E-state index in [2.05, 4.69) is 0 Å². The lowest BCUT2D eigenvalue weighted by atomic mass is 10.1. The van der Waals surface area contributed by atoms with Crippen molar-refractivity contribution in [3.63, 3.8) is 0 Å². The normalized spacial score (nSPS) is 11.8. The van der Waals surface area contributed by atoms with Gasteiger partial charge in [-0.25, -0.2) is 0 Å². The molecule has 1 unspecified atom stereocenters. The van der Waals surface area contributed by atoms with Crippen LogP contribution in [0.1, 0.15) is 11.1 Å². The minimum Gasteiger partial charge on any atom is -0.868 e. The van der Waals surface area contributed by atoms with Crippen molar-refractivity contribution < 1.29 is 28.8 Å². The Labute approximate surface area is 241 Å². The van der Waals surface area contributed by atoms with Crippen LogP contribution in [0.2, 0.25) is 5.02 Å². The molecule has 10 heteroatoms. The Bertz CT molecular complexity index is 1510. The highest BCUT2D eigenvalue weighted by molar-refractivity contribution is 7.96. The number of ether oxygens (including phenoxy) is 5. The molecule has 0 saturated carbocycles. The minimum atomic E-state index is -0.659. The fraction of sp³-hybridized carbons (Fsp3) is 0.300. The largest absolute Gasteiger partial charge is 0.868 e. The average Bonchev–Trinajstić information content (AvgIpc) is 2.97. The molecule has 0 amide bonds. The van der Waals surface area contributed by atoms with E-state index in [0.29, 0.717) is 58.7 Å². The van der Waals surface area contributed by atoms with Crippen molar-refractivity contribution in [1.29, 1.82) is 0 Å². The second-order valence-corrected chi connectivity index (χ2v) is 11.5. The van der Waals surface area contributed by atoms with Crippen LogP contribution in [0, 0.1) is 0 Å². The molecule has 0 spiro atoms. The molecule has 0 bridgehead atoms. The quantitative estimate of drug-likeness (QED) is 0.177.